The first kappa shape index (κ1) is 16.7. The number of carbonyl (C=O) groups is 1. The maximum absolute atomic E-state index is 12.7. The number of nitrogens with one attached hydrogen (secondary N) is 2. The molecule has 0 atom stereocenters. The van der Waals surface area contributed by atoms with E-state index < -0.39 is 11.7 Å². The summed E-state index contributed by atoms with van der Waals surface area (Å²) in [5, 5.41) is 5.96. The third kappa shape index (κ3) is 3.68. The minimum absolute atomic E-state index is 0.239. The summed E-state index contributed by atoms with van der Waals surface area (Å²) in [5.74, 6) is -0.339. The summed E-state index contributed by atoms with van der Waals surface area (Å²) < 4.78 is 38.1. The molecule has 124 valence electrons. The predicted molar refractivity (Wildman–Crippen MR) is 89.1 cm³/mol. The van der Waals surface area contributed by atoms with E-state index in [0.717, 1.165) is 17.0 Å². The molecule has 0 saturated carbocycles. The van der Waals surface area contributed by atoms with Crippen LogP contribution in [-0.4, -0.2) is 5.91 Å². The van der Waals surface area contributed by atoms with Crippen LogP contribution < -0.4 is 10.6 Å². The lowest BCUT2D eigenvalue weighted by Gasteiger charge is -2.18. The predicted octanol–water partition coefficient (Wildman–Crippen LogP) is 5.36. The van der Waals surface area contributed by atoms with Crippen LogP contribution in [0.2, 0.25) is 5.02 Å². The molecule has 0 saturated heterocycles. The van der Waals surface area contributed by atoms with Crippen LogP contribution in [0.4, 0.5) is 24.5 Å². The Hall–Kier alpha value is -2.12. The Morgan fingerprint density at radius 3 is 2.71 bits per heavy atom. The van der Waals surface area contributed by atoms with Crippen molar-refractivity contribution in [1.29, 1.82) is 0 Å². The molecule has 24 heavy (non-hydrogen) atoms. The summed E-state index contributed by atoms with van der Waals surface area (Å²) in [6.07, 6.45) is -3.04. The van der Waals surface area contributed by atoms with E-state index in [9.17, 15) is 18.0 Å². The zero-order valence-corrected chi connectivity index (χ0v) is 13.5. The van der Waals surface area contributed by atoms with Crippen molar-refractivity contribution < 1.29 is 18.0 Å². The van der Waals surface area contributed by atoms with Gasteiger partial charge in [-0.25, -0.2) is 0 Å². The molecular weight excluding hydrogens is 361 g/mol. The molecule has 2 N–H and O–H groups in total. The monoisotopic (exact) mass is 370 g/mol. The largest absolute Gasteiger partial charge is 0.416 e. The van der Waals surface area contributed by atoms with Crippen molar-refractivity contribution >= 4 is 40.6 Å². The molecule has 3 nitrogen and oxygen atoms in total. The summed E-state index contributed by atoms with van der Waals surface area (Å²) in [5.41, 5.74) is 0.122. The number of fused-ring (bicyclic) bond motifs is 1. The van der Waals surface area contributed by atoms with Gasteiger partial charge in [-0.1, -0.05) is 29.4 Å². The Balaban J connectivity index is 1.81. The van der Waals surface area contributed by atoms with Gasteiger partial charge in [0.1, 0.15) is 0 Å². The molecular formula is C16H10ClF3N2OS. The van der Waals surface area contributed by atoms with Gasteiger partial charge in [-0.3, -0.25) is 4.79 Å². The summed E-state index contributed by atoms with van der Waals surface area (Å²) >= 11 is 7.11. The topological polar surface area (TPSA) is 41.1 Å². The zero-order valence-electron chi connectivity index (χ0n) is 11.9. The molecule has 0 unspecified atom stereocenters. The average Bonchev–Trinajstić information content (AvgIpc) is 2.53. The molecule has 1 heterocycles. The fraction of sp³-hybridized carbons (Fsp3) is 0.0625. The van der Waals surface area contributed by atoms with E-state index in [4.69, 9.17) is 11.6 Å². The summed E-state index contributed by atoms with van der Waals surface area (Å²) in [4.78, 5) is 13.1. The molecule has 0 fully saturated rings. The standard InChI is InChI=1S/C16H10ClF3N2OS/c17-10-4-5-12-13(7-10)24-14(15(23)22-12)8-21-11-3-1-2-9(6-11)16(18,19)20/h1-8,21H,(H,22,23). The molecule has 1 aliphatic heterocycles. The van der Waals surface area contributed by atoms with Crippen molar-refractivity contribution in [3.05, 3.63) is 64.2 Å². The van der Waals surface area contributed by atoms with E-state index in [1.807, 2.05) is 0 Å². The number of benzene rings is 2. The second-order valence-corrected chi connectivity index (χ2v) is 6.45. The molecule has 8 heteroatoms. The summed E-state index contributed by atoms with van der Waals surface area (Å²) in [7, 11) is 0. The minimum Gasteiger partial charge on any atom is -0.360 e. The number of carbonyl (C=O) groups excluding carboxylic acids is 1. The lowest BCUT2D eigenvalue weighted by molar-refractivity contribution is -0.137. The number of hydrogen-bond donors (Lipinski definition) is 2. The number of amides is 1. The third-order valence-corrected chi connectivity index (χ3v) is 4.51. The molecule has 0 spiro atoms. The van der Waals surface area contributed by atoms with Gasteiger partial charge in [0.2, 0.25) is 0 Å². The van der Waals surface area contributed by atoms with Crippen LogP contribution in [0.15, 0.2) is 58.5 Å². The zero-order chi connectivity index (χ0) is 17.3. The fourth-order valence-electron chi connectivity index (χ4n) is 2.06. The Bertz CT molecular complexity index is 836. The van der Waals surface area contributed by atoms with E-state index >= 15 is 0 Å². The number of thioether (sulfide) groups is 1. The van der Waals surface area contributed by atoms with Crippen LogP contribution in [-0.2, 0) is 11.0 Å². The fourth-order valence-corrected chi connectivity index (χ4v) is 3.21. The first-order chi connectivity index (χ1) is 11.3. The van der Waals surface area contributed by atoms with Crippen LogP contribution in [0.1, 0.15) is 5.56 Å². The van der Waals surface area contributed by atoms with Crippen LogP contribution in [0.5, 0.6) is 0 Å². The van der Waals surface area contributed by atoms with Gasteiger partial charge in [0.25, 0.3) is 5.91 Å². The quantitative estimate of drug-likeness (QED) is 0.699. The van der Waals surface area contributed by atoms with E-state index in [0.29, 0.717) is 15.6 Å². The van der Waals surface area contributed by atoms with Crippen molar-refractivity contribution in [2.45, 2.75) is 11.1 Å². The van der Waals surface area contributed by atoms with Crippen LogP contribution in [0.3, 0.4) is 0 Å². The number of halogens is 4. The van der Waals surface area contributed by atoms with E-state index in [1.165, 1.54) is 30.1 Å². The van der Waals surface area contributed by atoms with Gasteiger partial charge in [-0.2, -0.15) is 13.2 Å². The van der Waals surface area contributed by atoms with Gasteiger partial charge >= 0.3 is 6.18 Å². The number of anilines is 2. The molecule has 2 aromatic rings. The Labute approximate surface area is 144 Å². The van der Waals surface area contributed by atoms with Gasteiger partial charge in [-0.05, 0) is 36.4 Å². The second-order valence-electron chi connectivity index (χ2n) is 4.93. The molecule has 0 aliphatic carbocycles. The van der Waals surface area contributed by atoms with Crippen molar-refractivity contribution in [2.75, 3.05) is 10.6 Å². The van der Waals surface area contributed by atoms with Gasteiger partial charge in [0, 0.05) is 21.8 Å². The van der Waals surface area contributed by atoms with Crippen LogP contribution >= 0.6 is 23.4 Å². The Morgan fingerprint density at radius 1 is 1.17 bits per heavy atom. The summed E-state index contributed by atoms with van der Waals surface area (Å²) in [6.45, 7) is 0. The molecule has 0 radical (unpaired) electrons. The molecule has 1 amide bonds. The molecule has 0 aromatic heterocycles. The van der Waals surface area contributed by atoms with Crippen LogP contribution in [0.25, 0.3) is 0 Å². The second kappa shape index (κ2) is 6.41. The maximum atomic E-state index is 12.7. The lowest BCUT2D eigenvalue weighted by Crippen LogP contribution is -2.18. The maximum Gasteiger partial charge on any atom is 0.416 e. The van der Waals surface area contributed by atoms with Gasteiger partial charge in [0.05, 0.1) is 16.2 Å². The lowest BCUT2D eigenvalue weighted by atomic mass is 10.2. The highest BCUT2D eigenvalue weighted by molar-refractivity contribution is 8.04. The van der Waals surface area contributed by atoms with Crippen LogP contribution in [0, 0.1) is 0 Å². The minimum atomic E-state index is -4.42. The molecule has 1 aliphatic rings. The van der Waals surface area contributed by atoms with Gasteiger partial charge in [-0.15, -0.1) is 0 Å². The van der Waals surface area contributed by atoms with E-state index in [2.05, 4.69) is 10.6 Å². The number of alkyl halides is 3. The van der Waals surface area contributed by atoms with E-state index in [1.54, 1.807) is 18.2 Å². The first-order valence-electron chi connectivity index (χ1n) is 6.76. The third-order valence-electron chi connectivity index (χ3n) is 3.20. The average molecular weight is 371 g/mol. The van der Waals surface area contributed by atoms with Crippen molar-refractivity contribution in [3.63, 3.8) is 0 Å². The molecule has 3 rings (SSSR count). The summed E-state index contributed by atoms with van der Waals surface area (Å²) in [6, 6.07) is 9.82. The number of hydrogen-bond acceptors (Lipinski definition) is 3. The SMILES string of the molecule is O=C1Nc2ccc(Cl)cc2SC1=CNc1cccc(C(F)(F)F)c1. The highest BCUT2D eigenvalue weighted by Crippen LogP contribution is 2.39. The smallest absolute Gasteiger partial charge is 0.360 e. The highest BCUT2D eigenvalue weighted by Gasteiger charge is 2.30. The first-order valence-corrected chi connectivity index (χ1v) is 7.95. The highest BCUT2D eigenvalue weighted by atomic mass is 35.5. The molecule has 0 bridgehead atoms. The van der Waals surface area contributed by atoms with Crippen molar-refractivity contribution in [2.24, 2.45) is 0 Å². The number of rotatable bonds is 2. The van der Waals surface area contributed by atoms with E-state index in [-0.39, 0.29) is 11.6 Å². The Morgan fingerprint density at radius 2 is 1.96 bits per heavy atom. The molecule has 2 aromatic carbocycles. The van der Waals surface area contributed by atoms with Gasteiger partial charge < -0.3 is 10.6 Å². The van der Waals surface area contributed by atoms with Gasteiger partial charge in [0.15, 0.2) is 0 Å². The Kier molecular flexibility index (Phi) is 4.47. The van der Waals surface area contributed by atoms with Crippen molar-refractivity contribution in [1.82, 2.24) is 0 Å². The normalized spacial score (nSPS) is 15.8. The van der Waals surface area contributed by atoms with Crippen molar-refractivity contribution in [3.8, 4) is 0 Å².